The number of para-hydroxylation sites is 3. The molecule has 11 aromatic rings. The molecule has 4 bridgehead atoms. The van der Waals surface area contributed by atoms with Gasteiger partial charge in [-0.1, -0.05) is 213 Å². The standard InChI is InChI=1S/C70H45NO2/c1-69-44-34-37-55-64(41-35-44)72-68-54(39-40-63(66(55)68)71(62-32-15-10-20-46(62)43-18-3-2-4-19-43)45-36-38-52(61(69)42-45)51-25-7-11-27-56(51)69)53-26-17-31-60-67(53)73-65-33-16-14-30-59(65)70(60)57-28-12-8-23-49(57)47-21-5-6-22-48(47)50-24-9-13-29-58(50)70/h2-42,44H,1H3. The Labute approximate surface area is 424 Å². The Morgan fingerprint density at radius 1 is 0.411 bits per heavy atom. The second-order valence-electron chi connectivity index (χ2n) is 20.3. The van der Waals surface area contributed by atoms with E-state index in [1.54, 1.807) is 0 Å². The predicted octanol–water partition coefficient (Wildman–Crippen LogP) is 18.3. The first-order valence-electron chi connectivity index (χ1n) is 25.5. The van der Waals surface area contributed by atoms with Crippen LogP contribution in [0.4, 0.5) is 17.1 Å². The summed E-state index contributed by atoms with van der Waals surface area (Å²) in [5.74, 6) is 2.56. The highest BCUT2D eigenvalue weighted by Gasteiger charge is 2.50. The van der Waals surface area contributed by atoms with Crippen molar-refractivity contribution >= 4 is 40.2 Å². The van der Waals surface area contributed by atoms with Crippen molar-refractivity contribution in [2.24, 2.45) is 5.92 Å². The molecule has 342 valence electrons. The first kappa shape index (κ1) is 40.5. The summed E-state index contributed by atoms with van der Waals surface area (Å²) >= 11 is 0. The molecular formula is C70H45NO2. The number of benzene rings is 10. The fraction of sp³-hybridized carbons (Fsp3) is 0.0571. The van der Waals surface area contributed by atoms with Crippen molar-refractivity contribution in [2.75, 3.05) is 4.90 Å². The number of hydrogen-bond acceptors (Lipinski definition) is 3. The Morgan fingerprint density at radius 2 is 0.973 bits per heavy atom. The van der Waals surface area contributed by atoms with Crippen LogP contribution in [-0.4, -0.2) is 0 Å². The van der Waals surface area contributed by atoms with Crippen molar-refractivity contribution in [1.82, 2.24) is 0 Å². The van der Waals surface area contributed by atoms with E-state index in [2.05, 4.69) is 261 Å². The molecule has 2 atom stereocenters. The molecule has 2 unspecified atom stereocenters. The highest BCUT2D eigenvalue weighted by Crippen LogP contribution is 2.63. The minimum Gasteiger partial charge on any atom is -0.456 e. The highest BCUT2D eigenvalue weighted by molar-refractivity contribution is 6.11. The summed E-state index contributed by atoms with van der Waals surface area (Å²) in [7, 11) is 0. The van der Waals surface area contributed by atoms with Gasteiger partial charge in [-0.05, 0) is 104 Å². The van der Waals surface area contributed by atoms with Gasteiger partial charge in [0, 0.05) is 50.4 Å². The Morgan fingerprint density at radius 3 is 1.73 bits per heavy atom. The summed E-state index contributed by atoms with van der Waals surface area (Å²) in [6.07, 6.45) is 9.39. The third-order valence-corrected chi connectivity index (χ3v) is 16.9. The third kappa shape index (κ3) is 5.33. The summed E-state index contributed by atoms with van der Waals surface area (Å²) in [4.78, 5) is 2.49. The molecule has 0 amide bonds. The summed E-state index contributed by atoms with van der Waals surface area (Å²) in [5.41, 5.74) is 23.1. The van der Waals surface area contributed by atoms with Gasteiger partial charge < -0.3 is 14.1 Å². The van der Waals surface area contributed by atoms with Crippen LogP contribution in [0.3, 0.4) is 0 Å². The zero-order chi connectivity index (χ0) is 48.0. The molecule has 5 aliphatic rings. The largest absolute Gasteiger partial charge is 0.456 e. The first-order chi connectivity index (χ1) is 36.1. The molecule has 0 saturated carbocycles. The maximum atomic E-state index is 7.45. The minimum atomic E-state index is -0.737. The van der Waals surface area contributed by atoms with Gasteiger partial charge in [0.05, 0.1) is 22.2 Å². The summed E-state index contributed by atoms with van der Waals surface area (Å²) in [5, 5.41) is 1.05. The monoisotopic (exact) mass is 931 g/mol. The Kier molecular flexibility index (Phi) is 8.29. The zero-order valence-electron chi connectivity index (χ0n) is 40.0. The molecule has 16 rings (SSSR count). The number of fused-ring (bicyclic) bond motifs is 17. The second kappa shape index (κ2) is 14.9. The number of nitrogens with zero attached hydrogens (tertiary/aromatic N) is 1. The average Bonchev–Trinajstić information content (AvgIpc) is 3.85. The lowest BCUT2D eigenvalue weighted by Gasteiger charge is -2.43. The number of allylic oxidation sites excluding steroid dienone is 2. The van der Waals surface area contributed by atoms with Crippen molar-refractivity contribution in [1.29, 1.82) is 0 Å². The molecule has 0 fully saturated rings. The molecule has 2 aliphatic heterocycles. The maximum Gasteiger partial charge on any atom is 0.145 e. The van der Waals surface area contributed by atoms with Gasteiger partial charge in [0.15, 0.2) is 0 Å². The maximum absolute atomic E-state index is 7.45. The molecule has 10 aromatic carbocycles. The lowest BCUT2D eigenvalue weighted by atomic mass is 9.62. The van der Waals surface area contributed by atoms with Crippen LogP contribution in [0.2, 0.25) is 0 Å². The van der Waals surface area contributed by atoms with E-state index in [0.717, 1.165) is 84.2 Å². The fourth-order valence-corrected chi connectivity index (χ4v) is 13.7. The Bertz CT molecular complexity index is 4160. The molecule has 1 spiro atoms. The van der Waals surface area contributed by atoms with Crippen LogP contribution < -0.4 is 9.64 Å². The van der Waals surface area contributed by atoms with E-state index in [0.29, 0.717) is 0 Å². The van der Waals surface area contributed by atoms with E-state index in [1.165, 1.54) is 55.6 Å². The molecule has 0 radical (unpaired) electrons. The molecule has 73 heavy (non-hydrogen) atoms. The number of hydrogen-bond donors (Lipinski definition) is 0. The van der Waals surface area contributed by atoms with Gasteiger partial charge in [0.2, 0.25) is 0 Å². The van der Waals surface area contributed by atoms with Crippen molar-refractivity contribution in [3.8, 4) is 67.1 Å². The number of rotatable bonds is 3. The van der Waals surface area contributed by atoms with Crippen LogP contribution in [0.15, 0.2) is 241 Å². The quantitative estimate of drug-likeness (QED) is 0.177. The fourth-order valence-electron chi connectivity index (χ4n) is 13.7. The van der Waals surface area contributed by atoms with Crippen molar-refractivity contribution in [3.63, 3.8) is 0 Å². The van der Waals surface area contributed by atoms with Crippen LogP contribution in [-0.2, 0) is 10.8 Å². The molecule has 0 N–H and O–H groups in total. The molecule has 3 heteroatoms. The summed E-state index contributed by atoms with van der Waals surface area (Å²) < 4.78 is 14.9. The van der Waals surface area contributed by atoms with Crippen molar-refractivity contribution in [2.45, 2.75) is 17.8 Å². The van der Waals surface area contributed by atoms with Gasteiger partial charge in [-0.15, -0.1) is 0 Å². The van der Waals surface area contributed by atoms with Crippen LogP contribution in [0.5, 0.6) is 11.5 Å². The normalized spacial score (nSPS) is 17.4. The number of ether oxygens (including phenoxy) is 1. The topological polar surface area (TPSA) is 25.6 Å². The lowest BCUT2D eigenvalue weighted by Crippen LogP contribution is -2.34. The number of furan rings is 1. The van der Waals surface area contributed by atoms with Crippen molar-refractivity contribution < 1.29 is 9.15 Å². The van der Waals surface area contributed by atoms with Crippen LogP contribution in [0.25, 0.3) is 78.8 Å². The SMILES string of the molecule is CC12c3ccccc3-c3ccc(cc31)N(c1ccccc1-c1ccccc1)c1ccc(-c3cccc4c3Oc3ccccc3C43c4ccccc4-c4ccccc4-c4ccccc43)c3oc4c(c13)C=CC2C=C4. The van der Waals surface area contributed by atoms with Gasteiger partial charge in [-0.2, -0.15) is 0 Å². The van der Waals surface area contributed by atoms with E-state index in [4.69, 9.17) is 9.15 Å². The molecule has 1 aromatic heterocycles. The molecule has 0 saturated heterocycles. The smallest absolute Gasteiger partial charge is 0.145 e. The third-order valence-electron chi connectivity index (χ3n) is 16.9. The number of anilines is 3. The minimum absolute atomic E-state index is 0.0554. The second-order valence-corrected chi connectivity index (χ2v) is 20.3. The van der Waals surface area contributed by atoms with Crippen molar-refractivity contribution in [3.05, 3.63) is 281 Å². The predicted molar refractivity (Wildman–Crippen MR) is 298 cm³/mol. The van der Waals surface area contributed by atoms with Gasteiger partial charge in [0.25, 0.3) is 0 Å². The van der Waals surface area contributed by atoms with Gasteiger partial charge in [-0.3, -0.25) is 0 Å². The van der Waals surface area contributed by atoms with E-state index >= 15 is 0 Å². The van der Waals surface area contributed by atoms with Gasteiger partial charge in [-0.25, -0.2) is 0 Å². The first-order valence-corrected chi connectivity index (χ1v) is 25.5. The summed E-state index contributed by atoms with van der Waals surface area (Å²) in [6.45, 7) is 2.43. The highest BCUT2D eigenvalue weighted by atomic mass is 16.5. The Hall–Kier alpha value is -9.18. The Balaban J connectivity index is 0.998. The molecular weight excluding hydrogens is 887 g/mol. The van der Waals surface area contributed by atoms with Crippen LogP contribution >= 0.6 is 0 Å². The van der Waals surface area contributed by atoms with E-state index in [9.17, 15) is 0 Å². The molecule has 3 aliphatic carbocycles. The van der Waals surface area contributed by atoms with E-state index in [1.807, 2.05) is 0 Å². The van der Waals surface area contributed by atoms with Crippen LogP contribution in [0.1, 0.15) is 51.6 Å². The van der Waals surface area contributed by atoms with Crippen LogP contribution in [0, 0.1) is 5.92 Å². The van der Waals surface area contributed by atoms with Gasteiger partial charge >= 0.3 is 0 Å². The molecule has 3 heterocycles. The summed E-state index contributed by atoms with van der Waals surface area (Å²) in [6, 6.07) is 82.7. The van der Waals surface area contributed by atoms with E-state index < -0.39 is 5.41 Å². The average molecular weight is 932 g/mol. The zero-order valence-corrected chi connectivity index (χ0v) is 40.0. The molecule has 3 nitrogen and oxygen atoms in total. The van der Waals surface area contributed by atoms with E-state index in [-0.39, 0.29) is 11.3 Å². The van der Waals surface area contributed by atoms with Gasteiger partial charge in [0.1, 0.15) is 22.8 Å². The lowest BCUT2D eigenvalue weighted by molar-refractivity contribution is 0.436.